The Hall–Kier alpha value is -1.15. The van der Waals surface area contributed by atoms with E-state index in [2.05, 4.69) is 31.2 Å². The van der Waals surface area contributed by atoms with Crippen LogP contribution in [0.2, 0.25) is 0 Å². The summed E-state index contributed by atoms with van der Waals surface area (Å²) in [5.41, 5.74) is 2.44. The molecule has 0 amide bonds. The number of hydrogen-bond acceptors (Lipinski definition) is 2. The van der Waals surface area contributed by atoms with Crippen LogP contribution in [0.5, 0.6) is 0 Å². The smallest absolute Gasteiger partial charge is 0.146 e. The summed E-state index contributed by atoms with van der Waals surface area (Å²) in [6, 6.07) is 8.68. The lowest BCUT2D eigenvalue weighted by molar-refractivity contribution is -0.129. The number of Topliss-reactive ketones (excluding diaryl/α,β-unsaturated/α-hetero) is 1. The molecule has 1 spiro atoms. The monoisotopic (exact) mass is 286 g/mol. The molecule has 0 heterocycles. The zero-order valence-electron chi connectivity index (χ0n) is 13.0. The molecular weight excluding hydrogens is 260 g/mol. The van der Waals surface area contributed by atoms with Gasteiger partial charge in [-0.15, -0.1) is 0 Å². The molecule has 2 saturated carbocycles. The molecule has 2 aliphatic rings. The molecule has 2 fully saturated rings. The average Bonchev–Trinajstić information content (AvgIpc) is 2.81. The van der Waals surface area contributed by atoms with Gasteiger partial charge in [-0.3, -0.25) is 4.79 Å². The van der Waals surface area contributed by atoms with E-state index in [9.17, 15) is 9.90 Å². The third kappa shape index (κ3) is 2.78. The third-order valence-electron chi connectivity index (χ3n) is 5.58. The minimum atomic E-state index is -0.184. The third-order valence-corrected chi connectivity index (χ3v) is 5.58. The van der Waals surface area contributed by atoms with Crippen molar-refractivity contribution >= 4 is 5.78 Å². The van der Waals surface area contributed by atoms with Gasteiger partial charge in [-0.2, -0.15) is 0 Å². The quantitative estimate of drug-likeness (QED) is 0.911. The topological polar surface area (TPSA) is 37.3 Å². The number of aliphatic hydroxyl groups is 1. The number of ketones is 1. The molecule has 0 aromatic heterocycles. The Bertz CT molecular complexity index is 495. The average molecular weight is 286 g/mol. The molecule has 1 aromatic carbocycles. The van der Waals surface area contributed by atoms with Gasteiger partial charge in [0.2, 0.25) is 0 Å². The van der Waals surface area contributed by atoms with Crippen LogP contribution in [0.15, 0.2) is 24.3 Å². The summed E-state index contributed by atoms with van der Waals surface area (Å²) in [4.78, 5) is 12.9. The highest BCUT2D eigenvalue weighted by atomic mass is 16.3. The van der Waals surface area contributed by atoms with Crippen LogP contribution < -0.4 is 0 Å². The molecule has 114 valence electrons. The largest absolute Gasteiger partial charge is 0.393 e. The van der Waals surface area contributed by atoms with Gasteiger partial charge in [-0.1, -0.05) is 37.6 Å². The Morgan fingerprint density at radius 1 is 1.10 bits per heavy atom. The molecule has 0 radical (unpaired) electrons. The van der Waals surface area contributed by atoms with Crippen molar-refractivity contribution in [3.63, 3.8) is 0 Å². The van der Waals surface area contributed by atoms with E-state index >= 15 is 0 Å². The molecule has 21 heavy (non-hydrogen) atoms. The van der Waals surface area contributed by atoms with Gasteiger partial charge in [0.05, 0.1) is 6.10 Å². The number of aliphatic hydroxyl groups excluding tert-OH is 1. The number of carbonyl (C=O) groups is 1. The van der Waals surface area contributed by atoms with Gasteiger partial charge in [0, 0.05) is 11.3 Å². The zero-order valence-corrected chi connectivity index (χ0v) is 13.0. The van der Waals surface area contributed by atoms with Crippen LogP contribution in [0.1, 0.15) is 68.9 Å². The Kier molecular flexibility index (Phi) is 4.17. The first-order valence-corrected chi connectivity index (χ1v) is 8.46. The van der Waals surface area contributed by atoms with Gasteiger partial charge < -0.3 is 5.11 Å². The predicted octanol–water partition coefficient (Wildman–Crippen LogP) is 4.01. The summed E-state index contributed by atoms with van der Waals surface area (Å²) < 4.78 is 0. The number of aryl methyl sites for hydroxylation is 1. The van der Waals surface area contributed by atoms with Gasteiger partial charge in [-0.05, 0) is 56.1 Å². The summed E-state index contributed by atoms with van der Waals surface area (Å²) >= 11 is 0. The van der Waals surface area contributed by atoms with E-state index in [1.54, 1.807) is 0 Å². The molecule has 1 atom stereocenters. The summed E-state index contributed by atoms with van der Waals surface area (Å²) in [7, 11) is 0. The van der Waals surface area contributed by atoms with E-state index in [1.165, 1.54) is 11.1 Å². The van der Waals surface area contributed by atoms with Crippen LogP contribution in [0.4, 0.5) is 0 Å². The summed E-state index contributed by atoms with van der Waals surface area (Å²) in [6.45, 7) is 2.19. The summed E-state index contributed by atoms with van der Waals surface area (Å²) in [5, 5.41) is 9.69. The molecule has 2 heteroatoms. The Balaban J connectivity index is 1.74. The molecule has 3 rings (SSSR count). The van der Waals surface area contributed by atoms with Gasteiger partial charge in [0.15, 0.2) is 0 Å². The second-order valence-corrected chi connectivity index (χ2v) is 6.96. The van der Waals surface area contributed by atoms with Crippen LogP contribution in [0, 0.1) is 5.41 Å². The highest BCUT2D eigenvalue weighted by molar-refractivity contribution is 5.93. The maximum Gasteiger partial charge on any atom is 0.146 e. The fourth-order valence-electron chi connectivity index (χ4n) is 4.22. The van der Waals surface area contributed by atoms with Crippen molar-refractivity contribution < 1.29 is 9.90 Å². The molecule has 1 unspecified atom stereocenters. The van der Waals surface area contributed by atoms with Gasteiger partial charge in [0.25, 0.3) is 0 Å². The van der Waals surface area contributed by atoms with Crippen molar-refractivity contribution in [2.45, 2.75) is 70.3 Å². The molecule has 2 aliphatic carbocycles. The minimum absolute atomic E-state index is 0.0934. The fraction of sp³-hybridized carbons (Fsp3) is 0.632. The van der Waals surface area contributed by atoms with Crippen molar-refractivity contribution in [1.29, 1.82) is 0 Å². The minimum Gasteiger partial charge on any atom is -0.393 e. The van der Waals surface area contributed by atoms with Crippen LogP contribution in [-0.4, -0.2) is 17.0 Å². The van der Waals surface area contributed by atoms with E-state index < -0.39 is 0 Å². The van der Waals surface area contributed by atoms with Crippen molar-refractivity contribution in [1.82, 2.24) is 0 Å². The Morgan fingerprint density at radius 2 is 1.71 bits per heavy atom. The summed E-state index contributed by atoms with van der Waals surface area (Å²) in [6.07, 6.45) is 7.46. The van der Waals surface area contributed by atoms with Crippen molar-refractivity contribution in [3.05, 3.63) is 35.4 Å². The van der Waals surface area contributed by atoms with Crippen molar-refractivity contribution in [2.75, 3.05) is 0 Å². The molecule has 1 aromatic rings. The second kappa shape index (κ2) is 5.92. The molecule has 0 aliphatic heterocycles. The normalized spacial score (nSPS) is 32.8. The van der Waals surface area contributed by atoms with E-state index in [0.717, 1.165) is 51.4 Å². The summed E-state index contributed by atoms with van der Waals surface area (Å²) in [5.74, 6) is 0.536. The van der Waals surface area contributed by atoms with Crippen LogP contribution in [0.3, 0.4) is 0 Å². The number of carbonyl (C=O) groups excluding carboxylic acids is 1. The van der Waals surface area contributed by atoms with Crippen molar-refractivity contribution in [3.8, 4) is 0 Å². The molecule has 1 N–H and O–H groups in total. The van der Waals surface area contributed by atoms with Gasteiger partial charge in [0.1, 0.15) is 5.78 Å². The number of benzene rings is 1. The lowest BCUT2D eigenvalue weighted by Crippen LogP contribution is -2.34. The molecular formula is C19H26O2. The Morgan fingerprint density at radius 3 is 2.33 bits per heavy atom. The van der Waals surface area contributed by atoms with Crippen LogP contribution in [0.25, 0.3) is 0 Å². The van der Waals surface area contributed by atoms with E-state index in [1.807, 2.05) is 0 Å². The standard InChI is InChI=1S/C19H26O2/c1-2-3-14-4-6-15(7-5-14)17-10-13-19(18(17)21)11-8-16(20)9-12-19/h4-7,16-17,20H,2-3,8-13H2,1H3. The lowest BCUT2D eigenvalue weighted by atomic mass is 9.70. The molecule has 0 bridgehead atoms. The number of rotatable bonds is 3. The first-order valence-electron chi connectivity index (χ1n) is 8.46. The first-order chi connectivity index (χ1) is 10.1. The highest BCUT2D eigenvalue weighted by Crippen LogP contribution is 2.51. The van der Waals surface area contributed by atoms with Crippen LogP contribution in [-0.2, 0) is 11.2 Å². The van der Waals surface area contributed by atoms with E-state index in [0.29, 0.717) is 5.78 Å². The maximum absolute atomic E-state index is 12.9. The lowest BCUT2D eigenvalue weighted by Gasteiger charge is -2.34. The van der Waals surface area contributed by atoms with Gasteiger partial charge in [-0.25, -0.2) is 0 Å². The zero-order chi connectivity index (χ0) is 14.9. The van der Waals surface area contributed by atoms with E-state index in [-0.39, 0.29) is 17.4 Å². The van der Waals surface area contributed by atoms with Crippen molar-refractivity contribution in [2.24, 2.45) is 5.41 Å². The second-order valence-electron chi connectivity index (χ2n) is 6.96. The molecule has 2 nitrogen and oxygen atoms in total. The maximum atomic E-state index is 12.9. The molecule has 0 saturated heterocycles. The Labute approximate surface area is 127 Å². The first kappa shape index (κ1) is 14.8. The number of hydrogen-bond donors (Lipinski definition) is 1. The predicted molar refractivity (Wildman–Crippen MR) is 84.3 cm³/mol. The fourth-order valence-corrected chi connectivity index (χ4v) is 4.22. The van der Waals surface area contributed by atoms with Gasteiger partial charge >= 0.3 is 0 Å². The highest BCUT2D eigenvalue weighted by Gasteiger charge is 2.49. The SMILES string of the molecule is CCCc1ccc(C2CCC3(CCC(O)CC3)C2=O)cc1. The van der Waals surface area contributed by atoms with Crippen LogP contribution >= 0.6 is 0 Å². The van der Waals surface area contributed by atoms with E-state index in [4.69, 9.17) is 0 Å².